The van der Waals surface area contributed by atoms with Crippen molar-refractivity contribution in [2.24, 2.45) is 0 Å². The lowest BCUT2D eigenvalue weighted by Crippen LogP contribution is -2.34. The first-order valence-corrected chi connectivity index (χ1v) is 16.5. The second-order valence-corrected chi connectivity index (χ2v) is 11.8. The average molecular weight is 722 g/mol. The molecule has 5 rings (SSSR count). The fraction of sp³-hybridized carbons (Fsp3) is 0.256. The van der Waals surface area contributed by atoms with Crippen molar-refractivity contribution >= 4 is 11.9 Å². The van der Waals surface area contributed by atoms with Gasteiger partial charge in [0.25, 0.3) is 0 Å². The Labute approximate surface area is 297 Å². The Morgan fingerprint density at radius 3 is 2.02 bits per heavy atom. The van der Waals surface area contributed by atoms with E-state index >= 15 is 0 Å². The van der Waals surface area contributed by atoms with E-state index in [4.69, 9.17) is 4.74 Å². The molecule has 0 bridgehead atoms. The number of amides is 1. The van der Waals surface area contributed by atoms with Gasteiger partial charge in [-0.2, -0.15) is 22.3 Å². The summed E-state index contributed by atoms with van der Waals surface area (Å²) in [5.41, 5.74) is 3.28. The molecule has 8 nitrogen and oxygen atoms in total. The molecule has 0 N–H and O–H groups in total. The van der Waals surface area contributed by atoms with Crippen molar-refractivity contribution in [1.29, 1.82) is 0 Å². The third-order valence-electron chi connectivity index (χ3n) is 8.56. The molecule has 3 unspecified atom stereocenters. The highest BCUT2D eigenvalue weighted by molar-refractivity contribution is 5.86. The van der Waals surface area contributed by atoms with Crippen LogP contribution in [0.3, 0.4) is 0 Å². The Morgan fingerprint density at radius 2 is 1.42 bits per heavy atom. The topological polar surface area (TPSA) is 87.8 Å². The van der Waals surface area contributed by atoms with E-state index in [-0.39, 0.29) is 30.5 Å². The molecule has 272 valence electrons. The second kappa shape index (κ2) is 17.5. The number of hydrogen-bond donors (Lipinski definition) is 0. The summed E-state index contributed by atoms with van der Waals surface area (Å²) in [6, 6.07) is 25.7. The molecule has 2 aromatic heterocycles. The zero-order valence-corrected chi connectivity index (χ0v) is 28.3. The lowest BCUT2D eigenvalue weighted by molar-refractivity contribution is -0.605. The molecule has 0 spiro atoms. The molecule has 3 atom stereocenters. The molecular formula is C39H36F5N3O5. The largest absolute Gasteiger partial charge is 0.619 e. The first kappa shape index (κ1) is 37.5. The summed E-state index contributed by atoms with van der Waals surface area (Å²) in [4.78, 5) is 19.8. The Hall–Kier alpha value is -5.72. The minimum absolute atomic E-state index is 0.197. The van der Waals surface area contributed by atoms with Crippen LogP contribution in [0.4, 0.5) is 32.6 Å². The van der Waals surface area contributed by atoms with Crippen LogP contribution in [-0.2, 0) is 11.2 Å². The molecule has 0 saturated heterocycles. The number of benzene rings is 3. The third kappa shape index (κ3) is 9.53. The number of ether oxygens (including phenoxy) is 3. The summed E-state index contributed by atoms with van der Waals surface area (Å²) < 4.78 is 82.1. The van der Waals surface area contributed by atoms with Gasteiger partial charge in [0.2, 0.25) is 0 Å². The number of rotatable bonds is 15. The predicted molar refractivity (Wildman–Crippen MR) is 183 cm³/mol. The van der Waals surface area contributed by atoms with Crippen LogP contribution < -0.4 is 19.1 Å². The number of pyridine rings is 2. The Kier molecular flexibility index (Phi) is 12.6. The van der Waals surface area contributed by atoms with Crippen molar-refractivity contribution in [2.75, 3.05) is 11.4 Å². The van der Waals surface area contributed by atoms with E-state index in [1.54, 1.807) is 43.3 Å². The summed E-state index contributed by atoms with van der Waals surface area (Å²) in [6.07, 6.45) is 3.62. The number of halogens is 5. The molecule has 0 aliphatic rings. The summed E-state index contributed by atoms with van der Waals surface area (Å²) in [7, 11) is 0. The highest BCUT2D eigenvalue weighted by Gasteiger charge is 2.30. The molecule has 0 aliphatic heterocycles. The number of nitrogens with zero attached hydrogens (tertiary/aromatic N) is 3. The van der Waals surface area contributed by atoms with Crippen LogP contribution in [0, 0.1) is 11.0 Å². The summed E-state index contributed by atoms with van der Waals surface area (Å²) in [6.45, 7) is -2.65. The van der Waals surface area contributed by atoms with Crippen molar-refractivity contribution in [1.82, 2.24) is 4.98 Å². The quantitative estimate of drug-likeness (QED) is 0.0609. The van der Waals surface area contributed by atoms with E-state index < -0.39 is 42.8 Å². The van der Waals surface area contributed by atoms with Crippen molar-refractivity contribution < 1.29 is 45.7 Å². The van der Waals surface area contributed by atoms with Crippen LogP contribution in [0.25, 0.3) is 0 Å². The lowest BCUT2D eigenvalue weighted by atomic mass is 9.86. The average Bonchev–Trinajstić information content (AvgIpc) is 3.13. The van der Waals surface area contributed by atoms with Crippen molar-refractivity contribution in [3.63, 3.8) is 0 Å². The lowest BCUT2D eigenvalue weighted by Gasteiger charge is -2.30. The summed E-state index contributed by atoms with van der Waals surface area (Å²) in [5.74, 6) is -2.12. The minimum atomic E-state index is -3.30. The first-order chi connectivity index (χ1) is 25.1. The highest BCUT2D eigenvalue weighted by atomic mass is 19.3. The van der Waals surface area contributed by atoms with Crippen LogP contribution in [0.2, 0.25) is 0 Å². The molecule has 52 heavy (non-hydrogen) atoms. The van der Waals surface area contributed by atoms with Crippen LogP contribution in [-0.4, -0.2) is 30.8 Å². The van der Waals surface area contributed by atoms with Gasteiger partial charge in [-0.05, 0) is 77.9 Å². The van der Waals surface area contributed by atoms with E-state index in [2.05, 4.69) is 14.5 Å². The van der Waals surface area contributed by atoms with E-state index in [0.717, 1.165) is 17.2 Å². The fourth-order valence-corrected chi connectivity index (χ4v) is 6.05. The maximum absolute atomic E-state index is 13.8. The number of carbonyl (C=O) groups excluding carboxylic acids is 1. The van der Waals surface area contributed by atoms with Gasteiger partial charge in [-0.3, -0.25) is 4.90 Å². The summed E-state index contributed by atoms with van der Waals surface area (Å²) >= 11 is 0. The van der Waals surface area contributed by atoms with Gasteiger partial charge in [-0.25, -0.2) is 14.2 Å². The standard InChI is InChI=1S/C39H36F5N3O5/c1-3-31(26-10-14-30(40)15-11-26)36(27-8-6-5-7-9-27)52-39(48)47(4-2)35-17-13-29(24-45-35)32(22-25-18-20-46(49)21-19-25)28-12-16-33(50-37(41)42)34(23-28)51-38(43)44/h5-21,23-24,31-32,36-38H,3-4,22H2,1-2H3. The molecule has 0 aliphatic carbocycles. The van der Waals surface area contributed by atoms with Crippen molar-refractivity contribution in [3.05, 3.63) is 154 Å². The van der Waals surface area contributed by atoms with Gasteiger partial charge >= 0.3 is 19.3 Å². The predicted octanol–water partition coefficient (Wildman–Crippen LogP) is 9.33. The molecule has 1 amide bonds. The minimum Gasteiger partial charge on any atom is -0.619 e. The van der Waals surface area contributed by atoms with Crippen molar-refractivity contribution in [2.45, 2.75) is 57.9 Å². The number of anilines is 1. The molecule has 3 aromatic carbocycles. The van der Waals surface area contributed by atoms with Gasteiger partial charge in [-0.1, -0.05) is 61.5 Å². The monoisotopic (exact) mass is 721 g/mol. The maximum Gasteiger partial charge on any atom is 0.416 e. The van der Waals surface area contributed by atoms with Crippen molar-refractivity contribution in [3.8, 4) is 11.5 Å². The van der Waals surface area contributed by atoms with E-state index in [0.29, 0.717) is 27.8 Å². The summed E-state index contributed by atoms with van der Waals surface area (Å²) in [5, 5.41) is 11.7. The SMILES string of the molecule is CCC(c1ccc(F)cc1)C(OC(=O)N(CC)c1ccc(C(Cc2cc[n+]([O-])cc2)c2ccc(OC(F)F)c(OC(F)F)c2)cn1)c1ccccc1. The molecular weight excluding hydrogens is 685 g/mol. The fourth-order valence-electron chi connectivity index (χ4n) is 6.05. The van der Waals surface area contributed by atoms with E-state index in [1.165, 1.54) is 47.8 Å². The molecule has 2 heterocycles. The smallest absolute Gasteiger partial charge is 0.416 e. The van der Waals surface area contributed by atoms with Gasteiger partial charge in [-0.15, -0.1) is 0 Å². The zero-order valence-electron chi connectivity index (χ0n) is 28.3. The van der Waals surface area contributed by atoms with Crippen LogP contribution in [0.15, 0.2) is 116 Å². The number of carbonyl (C=O) groups is 1. The number of hydrogen-bond acceptors (Lipinski definition) is 6. The third-order valence-corrected chi connectivity index (χ3v) is 8.56. The van der Waals surface area contributed by atoms with Gasteiger partial charge in [0, 0.05) is 36.7 Å². The van der Waals surface area contributed by atoms with E-state index in [9.17, 15) is 32.0 Å². The Balaban J connectivity index is 1.46. The first-order valence-electron chi connectivity index (χ1n) is 16.5. The molecule has 5 aromatic rings. The highest BCUT2D eigenvalue weighted by Crippen LogP contribution is 2.39. The molecule has 0 saturated carbocycles. The van der Waals surface area contributed by atoms with E-state index in [1.807, 2.05) is 37.3 Å². The van der Waals surface area contributed by atoms with Crippen LogP contribution in [0.1, 0.15) is 66.0 Å². The molecule has 0 radical (unpaired) electrons. The maximum atomic E-state index is 13.8. The molecule has 0 fully saturated rings. The number of aromatic nitrogens is 2. The van der Waals surface area contributed by atoms with Gasteiger partial charge in [0.05, 0.1) is 0 Å². The van der Waals surface area contributed by atoms with Crippen LogP contribution in [0.5, 0.6) is 11.5 Å². The number of alkyl halides is 4. The Morgan fingerprint density at radius 1 is 0.788 bits per heavy atom. The zero-order chi connectivity index (χ0) is 37.2. The van der Waals surface area contributed by atoms with Gasteiger partial charge < -0.3 is 19.4 Å². The van der Waals surface area contributed by atoms with Gasteiger partial charge in [0.1, 0.15) is 17.7 Å². The second-order valence-electron chi connectivity index (χ2n) is 11.8. The molecule has 13 heteroatoms. The normalized spacial score (nSPS) is 13.0. The van der Waals surface area contributed by atoms with Gasteiger partial charge in [0.15, 0.2) is 23.9 Å². The van der Waals surface area contributed by atoms with Crippen LogP contribution >= 0.6 is 0 Å². The Bertz CT molecular complexity index is 1880.